The van der Waals surface area contributed by atoms with Crippen molar-refractivity contribution >= 4 is 11.9 Å². The van der Waals surface area contributed by atoms with Crippen LogP contribution in [0.3, 0.4) is 0 Å². The highest BCUT2D eigenvalue weighted by atomic mass is 16.5. The van der Waals surface area contributed by atoms with Crippen LogP contribution in [0, 0.1) is 0 Å². The second-order valence-corrected chi connectivity index (χ2v) is 25.6. The number of amides is 1. The van der Waals surface area contributed by atoms with Gasteiger partial charge in [0, 0.05) is 12.8 Å². The van der Waals surface area contributed by atoms with Gasteiger partial charge in [-0.1, -0.05) is 352 Å². The Morgan fingerprint density at radius 2 is 0.610 bits per heavy atom. The van der Waals surface area contributed by atoms with Gasteiger partial charge in [0.25, 0.3) is 0 Å². The second kappa shape index (κ2) is 71.6. The van der Waals surface area contributed by atoms with Crippen molar-refractivity contribution in [3.8, 4) is 0 Å². The highest BCUT2D eigenvalue weighted by Crippen LogP contribution is 2.19. The first kappa shape index (κ1) is 80.1. The minimum Gasteiger partial charge on any atom is -0.466 e. The molecule has 0 aromatic heterocycles. The third kappa shape index (κ3) is 67.2. The predicted octanol–water partition coefficient (Wildman–Crippen LogP) is 24.3. The number of hydrogen-bond acceptors (Lipinski definition) is 5. The van der Waals surface area contributed by atoms with Crippen LogP contribution >= 0.6 is 0 Å². The van der Waals surface area contributed by atoms with Gasteiger partial charge in [0.1, 0.15) is 0 Å². The number of esters is 1. The summed E-state index contributed by atoms with van der Waals surface area (Å²) in [6.07, 6.45) is 92.0. The lowest BCUT2D eigenvalue weighted by Crippen LogP contribution is -2.45. The zero-order chi connectivity index (χ0) is 59.2. The molecule has 0 aromatic carbocycles. The summed E-state index contributed by atoms with van der Waals surface area (Å²) in [6, 6.07) is -0.546. The first-order chi connectivity index (χ1) is 40.5. The summed E-state index contributed by atoms with van der Waals surface area (Å²) in [5, 5.41) is 23.4. The highest BCUT2D eigenvalue weighted by molar-refractivity contribution is 5.76. The van der Waals surface area contributed by atoms with E-state index in [4.69, 9.17) is 4.74 Å². The molecule has 0 radical (unpaired) electrons. The van der Waals surface area contributed by atoms with Crippen molar-refractivity contribution in [2.75, 3.05) is 13.2 Å². The van der Waals surface area contributed by atoms with E-state index in [0.717, 1.165) is 51.4 Å². The fourth-order valence-corrected chi connectivity index (χ4v) is 11.7. The third-order valence-corrected chi connectivity index (χ3v) is 17.4. The summed E-state index contributed by atoms with van der Waals surface area (Å²) in [5.74, 6) is -0.0303. The van der Waals surface area contributed by atoms with Crippen molar-refractivity contribution in [2.45, 2.75) is 424 Å². The molecule has 0 saturated heterocycles. The smallest absolute Gasteiger partial charge is 0.305 e. The summed E-state index contributed by atoms with van der Waals surface area (Å²) in [4.78, 5) is 24.6. The summed E-state index contributed by atoms with van der Waals surface area (Å²) in [5.41, 5.74) is 0. The van der Waals surface area contributed by atoms with E-state index in [0.29, 0.717) is 25.9 Å². The van der Waals surface area contributed by atoms with Crippen molar-refractivity contribution in [3.05, 3.63) is 36.5 Å². The van der Waals surface area contributed by atoms with Crippen LogP contribution in [-0.4, -0.2) is 47.4 Å². The minimum atomic E-state index is -0.668. The molecule has 82 heavy (non-hydrogen) atoms. The maximum Gasteiger partial charge on any atom is 0.305 e. The van der Waals surface area contributed by atoms with Gasteiger partial charge in [-0.25, -0.2) is 0 Å². The zero-order valence-corrected chi connectivity index (χ0v) is 55.5. The van der Waals surface area contributed by atoms with Gasteiger partial charge in [0.05, 0.1) is 25.4 Å². The molecule has 3 N–H and O–H groups in total. The summed E-state index contributed by atoms with van der Waals surface area (Å²) >= 11 is 0. The van der Waals surface area contributed by atoms with E-state index in [1.54, 1.807) is 0 Å². The molecule has 484 valence electrons. The minimum absolute atomic E-state index is 0.00340. The Kier molecular flexibility index (Phi) is 69.9. The Bertz CT molecular complexity index is 1330. The molecule has 0 aromatic rings. The lowest BCUT2D eigenvalue weighted by atomic mass is 10.0. The largest absolute Gasteiger partial charge is 0.466 e. The Hall–Kier alpha value is -1.92. The number of ether oxygens (including phenoxy) is 1. The van der Waals surface area contributed by atoms with E-state index in [9.17, 15) is 19.8 Å². The molecule has 0 aliphatic carbocycles. The van der Waals surface area contributed by atoms with Crippen LogP contribution in [0.4, 0.5) is 0 Å². The maximum atomic E-state index is 12.6. The number of nitrogens with one attached hydrogen (secondary N) is 1. The number of hydrogen-bond donors (Lipinski definition) is 3. The average Bonchev–Trinajstić information content (AvgIpc) is 3.48. The average molecular weight is 1150 g/mol. The molecule has 6 nitrogen and oxygen atoms in total. The molecule has 0 bridgehead atoms. The molecular formula is C76H145NO5. The van der Waals surface area contributed by atoms with E-state index < -0.39 is 12.1 Å². The molecule has 2 unspecified atom stereocenters. The van der Waals surface area contributed by atoms with E-state index in [1.165, 1.54) is 327 Å². The van der Waals surface area contributed by atoms with E-state index >= 15 is 0 Å². The van der Waals surface area contributed by atoms with Crippen LogP contribution in [0.1, 0.15) is 412 Å². The van der Waals surface area contributed by atoms with Crippen LogP contribution in [0.15, 0.2) is 36.5 Å². The standard InChI is InChI=1S/C76H145NO5/c1-3-5-7-9-11-13-15-17-19-20-21-22-28-31-34-37-41-44-48-52-56-60-64-68-74(79)73(72-78)77-75(80)69-65-61-57-53-49-45-42-38-35-32-29-26-24-23-25-27-30-33-36-39-43-47-51-55-59-63-67-71-82-76(81)70-66-62-58-54-50-46-40-18-16-14-12-10-8-6-4-2/h18,23-24,27,30,40,73-74,78-79H,3-17,19-22,25-26,28-29,31-39,41-72H2,1-2H3,(H,77,80)/b24-23-,30-27-,40-18-. The Morgan fingerprint density at radius 1 is 0.341 bits per heavy atom. The van der Waals surface area contributed by atoms with Gasteiger partial charge in [0.2, 0.25) is 5.91 Å². The van der Waals surface area contributed by atoms with Crippen molar-refractivity contribution in [3.63, 3.8) is 0 Å². The molecule has 0 saturated carbocycles. The molecule has 0 fully saturated rings. The highest BCUT2D eigenvalue weighted by Gasteiger charge is 2.20. The lowest BCUT2D eigenvalue weighted by molar-refractivity contribution is -0.143. The number of aliphatic hydroxyl groups excluding tert-OH is 2. The SMILES string of the molecule is CCCCCCCC/C=C\CCCCCCCC(=O)OCCCCCCCCCCC/C=C\C/C=C\CCCCCCCCCCCCCC(=O)NC(CO)C(O)CCCCCCCCCCCCCCCCCCCCCCCCC. The van der Waals surface area contributed by atoms with E-state index in [-0.39, 0.29) is 18.5 Å². The topological polar surface area (TPSA) is 95.9 Å². The van der Waals surface area contributed by atoms with Crippen LogP contribution in [0.2, 0.25) is 0 Å². The first-order valence-electron chi connectivity index (χ1n) is 37.2. The summed E-state index contributed by atoms with van der Waals surface area (Å²) in [7, 11) is 0. The first-order valence-corrected chi connectivity index (χ1v) is 37.2. The van der Waals surface area contributed by atoms with E-state index in [1.807, 2.05) is 0 Å². The number of allylic oxidation sites excluding steroid dienone is 6. The zero-order valence-electron chi connectivity index (χ0n) is 55.5. The predicted molar refractivity (Wildman–Crippen MR) is 361 cm³/mol. The number of aliphatic hydroxyl groups is 2. The van der Waals surface area contributed by atoms with Gasteiger partial charge in [-0.05, 0) is 83.5 Å². The number of carbonyl (C=O) groups excluding carboxylic acids is 2. The number of rotatable bonds is 70. The molecule has 1 amide bonds. The van der Waals surface area contributed by atoms with Crippen molar-refractivity contribution in [1.29, 1.82) is 0 Å². The van der Waals surface area contributed by atoms with Gasteiger partial charge in [-0.2, -0.15) is 0 Å². The Labute approximate surface area is 513 Å². The fourth-order valence-electron chi connectivity index (χ4n) is 11.7. The summed E-state index contributed by atoms with van der Waals surface area (Å²) < 4.78 is 5.49. The van der Waals surface area contributed by atoms with Crippen LogP contribution < -0.4 is 5.32 Å². The van der Waals surface area contributed by atoms with Crippen LogP contribution in [0.25, 0.3) is 0 Å². The fraction of sp³-hybridized carbons (Fsp3) is 0.895. The lowest BCUT2D eigenvalue weighted by Gasteiger charge is -2.22. The summed E-state index contributed by atoms with van der Waals surface area (Å²) in [6.45, 7) is 4.98. The van der Waals surface area contributed by atoms with Crippen molar-refractivity contribution in [2.24, 2.45) is 0 Å². The normalized spacial score (nSPS) is 12.7. The van der Waals surface area contributed by atoms with Gasteiger partial charge in [-0.15, -0.1) is 0 Å². The number of carbonyl (C=O) groups is 2. The second-order valence-electron chi connectivity index (χ2n) is 25.6. The quantitative estimate of drug-likeness (QED) is 0.0320. The number of unbranched alkanes of at least 4 members (excludes halogenated alkanes) is 53. The molecule has 0 spiro atoms. The van der Waals surface area contributed by atoms with Gasteiger partial charge in [0.15, 0.2) is 0 Å². The van der Waals surface area contributed by atoms with Gasteiger partial charge >= 0.3 is 5.97 Å². The molecule has 0 aliphatic heterocycles. The molecule has 0 rings (SSSR count). The Balaban J connectivity index is 3.42. The van der Waals surface area contributed by atoms with Crippen molar-refractivity contribution in [1.82, 2.24) is 5.32 Å². The van der Waals surface area contributed by atoms with E-state index in [2.05, 4.69) is 55.6 Å². The maximum absolute atomic E-state index is 12.6. The van der Waals surface area contributed by atoms with Crippen LogP contribution in [-0.2, 0) is 14.3 Å². The monoisotopic (exact) mass is 1150 g/mol. The van der Waals surface area contributed by atoms with Gasteiger partial charge in [-0.3, -0.25) is 9.59 Å². The third-order valence-electron chi connectivity index (χ3n) is 17.4. The van der Waals surface area contributed by atoms with Crippen LogP contribution in [0.5, 0.6) is 0 Å². The molecule has 2 atom stereocenters. The Morgan fingerprint density at radius 3 is 0.939 bits per heavy atom. The molecule has 6 heteroatoms. The van der Waals surface area contributed by atoms with Gasteiger partial charge < -0.3 is 20.3 Å². The molecule has 0 aliphatic rings. The van der Waals surface area contributed by atoms with Crippen molar-refractivity contribution < 1.29 is 24.5 Å². The molecular weight excluding hydrogens is 1010 g/mol. The molecule has 0 heterocycles.